The lowest BCUT2D eigenvalue weighted by atomic mass is 10.0. The third-order valence-corrected chi connectivity index (χ3v) is 6.26. The summed E-state index contributed by atoms with van der Waals surface area (Å²) in [6.45, 7) is 1.93. The predicted octanol–water partition coefficient (Wildman–Crippen LogP) is 1.39. The number of imide groups is 1. The summed E-state index contributed by atoms with van der Waals surface area (Å²) in [5, 5.41) is 2.26. The minimum Gasteiger partial charge on any atom is -0.489 e. The first-order valence-corrected chi connectivity index (χ1v) is 11.2. The summed E-state index contributed by atoms with van der Waals surface area (Å²) in [7, 11) is 0. The van der Waals surface area contributed by atoms with Crippen LogP contribution in [0.15, 0.2) is 42.4 Å². The molecule has 3 aliphatic rings. The molecule has 2 aromatic carbocycles. The molecule has 3 heterocycles. The van der Waals surface area contributed by atoms with Gasteiger partial charge in [-0.25, -0.2) is 0 Å². The molecule has 3 aliphatic heterocycles. The summed E-state index contributed by atoms with van der Waals surface area (Å²) in [6.07, 6.45) is 0.344. The van der Waals surface area contributed by atoms with E-state index in [1.54, 1.807) is 4.90 Å². The van der Waals surface area contributed by atoms with Crippen LogP contribution in [0.4, 0.5) is 0 Å². The Morgan fingerprint density at radius 2 is 1.91 bits per heavy atom. The van der Waals surface area contributed by atoms with Crippen LogP contribution in [0.3, 0.4) is 0 Å². The van der Waals surface area contributed by atoms with Crippen molar-refractivity contribution in [2.24, 2.45) is 0 Å². The summed E-state index contributed by atoms with van der Waals surface area (Å²) < 4.78 is 27.5. The van der Waals surface area contributed by atoms with E-state index in [9.17, 15) is 19.2 Å². The second-order valence-corrected chi connectivity index (χ2v) is 8.50. The molecule has 9 heteroatoms. The number of carbonyl (C=O) groups is 4. The SMILES string of the molecule is [2H]c1cc(OCc2ccc(CN3CCOCC3=O)cc2)c2c(c1[2H])C(=O)N(C1CCC(=O)NC1=O)C2. The van der Waals surface area contributed by atoms with Gasteiger partial charge in [0.2, 0.25) is 17.7 Å². The first-order valence-electron chi connectivity index (χ1n) is 12.2. The molecule has 1 unspecified atom stereocenters. The molecule has 4 amide bonds. The first-order chi connectivity index (χ1) is 17.3. The largest absolute Gasteiger partial charge is 0.489 e. The number of nitrogens with one attached hydrogen (secondary N) is 1. The number of benzene rings is 2. The number of hydrogen-bond donors (Lipinski definition) is 1. The Labute approximate surface area is 199 Å². The molecule has 0 aromatic heterocycles. The van der Waals surface area contributed by atoms with Crippen molar-refractivity contribution in [3.8, 4) is 5.75 Å². The average molecular weight is 466 g/mol. The van der Waals surface area contributed by atoms with Gasteiger partial charge in [0.1, 0.15) is 25.0 Å². The molecule has 176 valence electrons. The van der Waals surface area contributed by atoms with E-state index >= 15 is 0 Å². The van der Waals surface area contributed by atoms with Gasteiger partial charge < -0.3 is 19.3 Å². The van der Waals surface area contributed by atoms with E-state index in [1.165, 1.54) is 11.0 Å². The van der Waals surface area contributed by atoms with Gasteiger partial charge in [-0.1, -0.05) is 30.3 Å². The highest BCUT2D eigenvalue weighted by atomic mass is 16.5. The van der Waals surface area contributed by atoms with Gasteiger partial charge in [-0.15, -0.1) is 0 Å². The lowest BCUT2D eigenvalue weighted by Gasteiger charge is -2.29. The number of piperidine rings is 1. The van der Waals surface area contributed by atoms with E-state index in [0.29, 0.717) is 31.0 Å². The standard InChI is InChI=1S/C25H25N3O6/c29-22-9-8-20(24(31)26-22)28-13-19-18(25(28)32)2-1-3-21(19)34-14-17-6-4-16(5-7-17)12-27-10-11-33-15-23(27)30/h1-7,20H,8-15H2,(H,26,29,31)/i1D,2D. The minimum atomic E-state index is -0.810. The zero-order chi connectivity index (χ0) is 25.4. The van der Waals surface area contributed by atoms with Crippen molar-refractivity contribution in [3.63, 3.8) is 0 Å². The predicted molar refractivity (Wildman–Crippen MR) is 119 cm³/mol. The summed E-state index contributed by atoms with van der Waals surface area (Å²) in [5.74, 6) is -1.14. The molecule has 0 bridgehead atoms. The third kappa shape index (κ3) is 4.38. The molecular weight excluding hydrogens is 438 g/mol. The van der Waals surface area contributed by atoms with Crippen LogP contribution in [0, 0.1) is 0 Å². The fraction of sp³-hybridized carbons (Fsp3) is 0.360. The highest BCUT2D eigenvalue weighted by Crippen LogP contribution is 2.34. The summed E-state index contributed by atoms with van der Waals surface area (Å²) in [4.78, 5) is 52.0. The van der Waals surface area contributed by atoms with Crippen LogP contribution in [0.25, 0.3) is 0 Å². The number of ether oxygens (including phenoxy) is 2. The second-order valence-electron chi connectivity index (χ2n) is 8.50. The molecule has 0 saturated carbocycles. The smallest absolute Gasteiger partial charge is 0.255 e. The van der Waals surface area contributed by atoms with Gasteiger partial charge in [0.25, 0.3) is 5.91 Å². The summed E-state index contributed by atoms with van der Waals surface area (Å²) in [5.41, 5.74) is 2.36. The van der Waals surface area contributed by atoms with Crippen molar-refractivity contribution < 1.29 is 31.4 Å². The highest BCUT2D eigenvalue weighted by molar-refractivity contribution is 6.05. The molecule has 0 radical (unpaired) electrons. The van der Waals surface area contributed by atoms with Gasteiger partial charge in [0.05, 0.1) is 15.9 Å². The van der Waals surface area contributed by atoms with Crippen LogP contribution in [-0.2, 0) is 38.8 Å². The summed E-state index contributed by atoms with van der Waals surface area (Å²) >= 11 is 0. The van der Waals surface area contributed by atoms with Crippen molar-refractivity contribution in [3.05, 3.63) is 64.7 Å². The van der Waals surface area contributed by atoms with Crippen molar-refractivity contribution in [2.45, 2.75) is 38.6 Å². The van der Waals surface area contributed by atoms with Gasteiger partial charge in [-0.2, -0.15) is 0 Å². The Kier molecular flexibility index (Phi) is 5.37. The molecule has 1 atom stereocenters. The molecule has 1 N–H and O–H groups in total. The topological polar surface area (TPSA) is 105 Å². The Bertz CT molecular complexity index is 1250. The first kappa shape index (κ1) is 19.7. The lowest BCUT2D eigenvalue weighted by molar-refractivity contribution is -0.143. The molecule has 2 fully saturated rings. The van der Waals surface area contributed by atoms with Gasteiger partial charge >= 0.3 is 0 Å². The molecule has 9 nitrogen and oxygen atoms in total. The van der Waals surface area contributed by atoms with Crippen molar-refractivity contribution in [2.75, 3.05) is 19.8 Å². The fourth-order valence-electron chi connectivity index (χ4n) is 4.38. The Balaban J connectivity index is 1.30. The second kappa shape index (κ2) is 9.26. The molecule has 34 heavy (non-hydrogen) atoms. The monoisotopic (exact) mass is 465 g/mol. The Morgan fingerprint density at radius 1 is 1.12 bits per heavy atom. The van der Waals surface area contributed by atoms with Crippen LogP contribution < -0.4 is 10.1 Å². The molecule has 2 aromatic rings. The van der Waals surface area contributed by atoms with Crippen molar-refractivity contribution in [1.82, 2.24) is 15.1 Å². The van der Waals surface area contributed by atoms with E-state index in [4.69, 9.17) is 12.2 Å². The van der Waals surface area contributed by atoms with E-state index in [0.717, 1.165) is 11.1 Å². The minimum absolute atomic E-state index is 0.0348. The van der Waals surface area contributed by atoms with Gasteiger partial charge in [-0.3, -0.25) is 24.5 Å². The highest BCUT2D eigenvalue weighted by Gasteiger charge is 2.40. The van der Waals surface area contributed by atoms with Gasteiger partial charge in [0, 0.05) is 30.6 Å². The number of morpholine rings is 1. The van der Waals surface area contributed by atoms with Gasteiger partial charge in [-0.05, 0) is 29.7 Å². The molecule has 2 saturated heterocycles. The van der Waals surface area contributed by atoms with E-state index in [1.807, 2.05) is 24.3 Å². The van der Waals surface area contributed by atoms with Crippen LogP contribution in [0.1, 0.15) is 42.6 Å². The Hall–Kier alpha value is -3.72. The maximum absolute atomic E-state index is 13.1. The number of carbonyl (C=O) groups excluding carboxylic acids is 4. The van der Waals surface area contributed by atoms with Crippen molar-refractivity contribution in [1.29, 1.82) is 0 Å². The van der Waals surface area contributed by atoms with Crippen LogP contribution in [-0.4, -0.2) is 59.2 Å². The zero-order valence-corrected chi connectivity index (χ0v) is 18.5. The molecule has 0 aliphatic carbocycles. The van der Waals surface area contributed by atoms with Crippen LogP contribution in [0.5, 0.6) is 5.75 Å². The quantitative estimate of drug-likeness (QED) is 0.647. The maximum Gasteiger partial charge on any atom is 0.255 e. The average Bonchev–Trinajstić information content (AvgIpc) is 3.20. The zero-order valence-electron chi connectivity index (χ0n) is 20.5. The summed E-state index contributed by atoms with van der Waals surface area (Å²) in [6, 6.07) is 7.87. The number of hydrogen-bond acceptors (Lipinski definition) is 6. The molecular formula is C25H25N3O6. The lowest BCUT2D eigenvalue weighted by Crippen LogP contribution is -2.52. The van der Waals surface area contributed by atoms with E-state index in [-0.39, 0.29) is 62.1 Å². The Morgan fingerprint density at radius 3 is 2.68 bits per heavy atom. The number of fused-ring (bicyclic) bond motifs is 1. The van der Waals surface area contributed by atoms with Gasteiger partial charge in [0.15, 0.2) is 0 Å². The molecule has 0 spiro atoms. The van der Waals surface area contributed by atoms with E-state index in [2.05, 4.69) is 5.32 Å². The van der Waals surface area contributed by atoms with Crippen LogP contribution >= 0.6 is 0 Å². The molecule has 5 rings (SSSR count). The maximum atomic E-state index is 13.1. The van der Waals surface area contributed by atoms with Crippen LogP contribution in [0.2, 0.25) is 0 Å². The fourth-order valence-corrected chi connectivity index (χ4v) is 4.38. The number of nitrogens with zero attached hydrogens (tertiary/aromatic N) is 2. The van der Waals surface area contributed by atoms with Crippen molar-refractivity contribution >= 4 is 23.6 Å². The number of amides is 4. The number of rotatable bonds is 6. The third-order valence-electron chi connectivity index (χ3n) is 6.26. The van der Waals surface area contributed by atoms with E-state index < -0.39 is 17.9 Å². The normalized spacial score (nSPS) is 21.2.